The minimum atomic E-state index is 0.231. The van der Waals surface area contributed by atoms with E-state index < -0.39 is 0 Å². The molecule has 0 bridgehead atoms. The number of hydrogen-bond acceptors (Lipinski definition) is 3. The molecule has 0 aromatic heterocycles. The van der Waals surface area contributed by atoms with Gasteiger partial charge in [0.25, 0.3) is 0 Å². The van der Waals surface area contributed by atoms with Gasteiger partial charge in [-0.2, -0.15) is 0 Å². The molecule has 1 N–H and O–H groups in total. The smallest absolute Gasteiger partial charge is 0.227 e. The fraction of sp³-hybridized carbons (Fsp3) is 0.917. The Labute approximate surface area is 98.0 Å². The maximum absolute atomic E-state index is 12.2. The van der Waals surface area contributed by atoms with Crippen molar-refractivity contribution < 1.29 is 4.79 Å². The van der Waals surface area contributed by atoms with Crippen molar-refractivity contribution in [2.45, 2.75) is 25.3 Å². The Morgan fingerprint density at radius 3 is 2.75 bits per heavy atom. The summed E-state index contributed by atoms with van der Waals surface area (Å²) < 4.78 is 0. The first kappa shape index (κ1) is 11.9. The van der Waals surface area contributed by atoms with Crippen molar-refractivity contribution in [3.05, 3.63) is 0 Å². The Balaban J connectivity index is 1.86. The standard InChI is InChI=1S/C12H23N3O/c1-14(2)11-5-7-15(9-11)12(16)10-4-3-6-13-8-10/h10-11,13H,3-9H2,1-2H3. The van der Waals surface area contributed by atoms with Gasteiger partial charge in [-0.25, -0.2) is 0 Å². The summed E-state index contributed by atoms with van der Waals surface area (Å²) in [4.78, 5) is 16.5. The van der Waals surface area contributed by atoms with Gasteiger partial charge in [0.1, 0.15) is 0 Å². The monoisotopic (exact) mass is 225 g/mol. The molecular weight excluding hydrogens is 202 g/mol. The van der Waals surface area contributed by atoms with Gasteiger partial charge in [-0.15, -0.1) is 0 Å². The molecule has 2 fully saturated rings. The Morgan fingerprint density at radius 1 is 1.38 bits per heavy atom. The molecule has 2 rings (SSSR count). The number of nitrogens with zero attached hydrogens (tertiary/aromatic N) is 2. The number of likely N-dealkylation sites (tertiary alicyclic amines) is 1. The van der Waals surface area contributed by atoms with Crippen LogP contribution in [0.5, 0.6) is 0 Å². The largest absolute Gasteiger partial charge is 0.341 e. The summed E-state index contributed by atoms with van der Waals surface area (Å²) in [7, 11) is 4.20. The van der Waals surface area contributed by atoms with Crippen LogP contribution in [0.2, 0.25) is 0 Å². The average Bonchev–Trinajstić information content (AvgIpc) is 2.78. The Bertz CT molecular complexity index is 249. The SMILES string of the molecule is CN(C)C1CCN(C(=O)C2CCCNC2)C1. The average molecular weight is 225 g/mol. The number of rotatable bonds is 2. The Kier molecular flexibility index (Phi) is 3.82. The zero-order valence-corrected chi connectivity index (χ0v) is 10.4. The second-order valence-corrected chi connectivity index (χ2v) is 5.23. The van der Waals surface area contributed by atoms with Crippen LogP contribution in [0.3, 0.4) is 0 Å². The highest BCUT2D eigenvalue weighted by atomic mass is 16.2. The summed E-state index contributed by atoms with van der Waals surface area (Å²) in [6.45, 7) is 3.81. The summed E-state index contributed by atoms with van der Waals surface area (Å²) in [5, 5.41) is 3.32. The number of carbonyl (C=O) groups excluding carboxylic acids is 1. The lowest BCUT2D eigenvalue weighted by molar-refractivity contribution is -0.135. The normalized spacial score (nSPS) is 31.1. The van der Waals surface area contributed by atoms with Gasteiger partial charge in [-0.1, -0.05) is 0 Å². The number of hydrogen-bond donors (Lipinski definition) is 1. The molecule has 2 saturated heterocycles. The van der Waals surface area contributed by atoms with Gasteiger partial charge in [-0.05, 0) is 39.9 Å². The first-order chi connectivity index (χ1) is 7.68. The summed E-state index contributed by atoms with van der Waals surface area (Å²) in [6, 6.07) is 0.556. The molecule has 1 amide bonds. The van der Waals surface area contributed by atoms with Gasteiger partial charge in [-0.3, -0.25) is 4.79 Å². The minimum absolute atomic E-state index is 0.231. The lowest BCUT2D eigenvalue weighted by Gasteiger charge is -2.27. The maximum atomic E-state index is 12.2. The van der Waals surface area contributed by atoms with Gasteiger partial charge in [0, 0.05) is 25.7 Å². The van der Waals surface area contributed by atoms with Crippen LogP contribution >= 0.6 is 0 Å². The predicted octanol–water partition coefficient (Wildman–Crippen LogP) is 0.149. The van der Waals surface area contributed by atoms with Crippen molar-refractivity contribution in [1.82, 2.24) is 15.1 Å². The van der Waals surface area contributed by atoms with Crippen LogP contribution in [0.25, 0.3) is 0 Å². The highest BCUT2D eigenvalue weighted by Crippen LogP contribution is 2.19. The van der Waals surface area contributed by atoms with E-state index in [1.165, 1.54) is 0 Å². The summed E-state index contributed by atoms with van der Waals surface area (Å²) >= 11 is 0. The zero-order valence-electron chi connectivity index (χ0n) is 10.4. The number of amides is 1. The fourth-order valence-corrected chi connectivity index (χ4v) is 2.68. The van der Waals surface area contributed by atoms with E-state index in [1.54, 1.807) is 0 Å². The molecule has 0 radical (unpaired) electrons. The van der Waals surface area contributed by atoms with Gasteiger partial charge in [0.05, 0.1) is 5.92 Å². The van der Waals surface area contributed by atoms with Gasteiger partial charge >= 0.3 is 0 Å². The first-order valence-corrected chi connectivity index (χ1v) is 6.34. The van der Waals surface area contributed by atoms with E-state index in [9.17, 15) is 4.79 Å². The third kappa shape index (κ3) is 2.55. The molecule has 2 heterocycles. The highest BCUT2D eigenvalue weighted by molar-refractivity contribution is 5.79. The van der Waals surface area contributed by atoms with Crippen LogP contribution < -0.4 is 5.32 Å². The molecule has 0 spiro atoms. The third-order valence-corrected chi connectivity index (χ3v) is 3.85. The van der Waals surface area contributed by atoms with E-state index in [4.69, 9.17) is 0 Å². The molecule has 2 aliphatic heterocycles. The van der Waals surface area contributed by atoms with Crippen molar-refractivity contribution in [3.63, 3.8) is 0 Å². The second kappa shape index (κ2) is 5.15. The first-order valence-electron chi connectivity index (χ1n) is 6.34. The van der Waals surface area contributed by atoms with Gasteiger partial charge in [0.2, 0.25) is 5.91 Å². The van der Waals surface area contributed by atoms with Crippen molar-refractivity contribution in [3.8, 4) is 0 Å². The molecular formula is C12H23N3O. The Morgan fingerprint density at radius 2 is 2.19 bits per heavy atom. The predicted molar refractivity (Wildman–Crippen MR) is 64.3 cm³/mol. The van der Waals surface area contributed by atoms with Crippen LogP contribution in [0.15, 0.2) is 0 Å². The number of nitrogens with one attached hydrogen (secondary N) is 1. The molecule has 4 nitrogen and oxygen atoms in total. The van der Waals surface area contributed by atoms with Crippen LogP contribution in [-0.4, -0.2) is 62.0 Å². The maximum Gasteiger partial charge on any atom is 0.227 e. The van der Waals surface area contributed by atoms with Crippen molar-refractivity contribution in [2.75, 3.05) is 40.3 Å². The molecule has 0 aromatic rings. The van der Waals surface area contributed by atoms with Gasteiger partial charge < -0.3 is 15.1 Å². The molecule has 0 saturated carbocycles. The second-order valence-electron chi connectivity index (χ2n) is 5.23. The molecule has 2 aliphatic rings. The van der Waals surface area contributed by atoms with E-state index in [-0.39, 0.29) is 5.92 Å². The van der Waals surface area contributed by atoms with E-state index in [1.807, 2.05) is 0 Å². The number of piperidine rings is 1. The summed E-state index contributed by atoms with van der Waals surface area (Å²) in [6.07, 6.45) is 3.33. The van der Waals surface area contributed by atoms with E-state index in [0.717, 1.165) is 45.4 Å². The van der Waals surface area contributed by atoms with E-state index >= 15 is 0 Å². The topological polar surface area (TPSA) is 35.6 Å². The lowest BCUT2D eigenvalue weighted by Crippen LogP contribution is -2.43. The van der Waals surface area contributed by atoms with Crippen LogP contribution in [-0.2, 0) is 4.79 Å². The molecule has 0 aliphatic carbocycles. The molecule has 2 atom stereocenters. The molecule has 2 unspecified atom stereocenters. The number of carbonyl (C=O) groups is 1. The zero-order chi connectivity index (χ0) is 11.5. The van der Waals surface area contributed by atoms with Crippen LogP contribution in [0.4, 0.5) is 0 Å². The highest BCUT2D eigenvalue weighted by Gasteiger charge is 2.31. The van der Waals surface area contributed by atoms with E-state index in [2.05, 4.69) is 29.2 Å². The van der Waals surface area contributed by atoms with Crippen molar-refractivity contribution in [1.29, 1.82) is 0 Å². The van der Waals surface area contributed by atoms with Crippen molar-refractivity contribution in [2.24, 2.45) is 5.92 Å². The lowest BCUT2D eigenvalue weighted by atomic mass is 9.98. The summed E-state index contributed by atoms with van der Waals surface area (Å²) in [5.74, 6) is 0.603. The Hall–Kier alpha value is -0.610. The van der Waals surface area contributed by atoms with Gasteiger partial charge in [0.15, 0.2) is 0 Å². The van der Waals surface area contributed by atoms with Crippen molar-refractivity contribution >= 4 is 5.91 Å². The molecule has 0 aromatic carbocycles. The molecule has 16 heavy (non-hydrogen) atoms. The third-order valence-electron chi connectivity index (χ3n) is 3.85. The van der Waals surface area contributed by atoms with E-state index in [0.29, 0.717) is 11.9 Å². The molecule has 4 heteroatoms. The minimum Gasteiger partial charge on any atom is -0.341 e. The van der Waals surface area contributed by atoms with Crippen LogP contribution in [0.1, 0.15) is 19.3 Å². The number of likely N-dealkylation sites (N-methyl/N-ethyl adjacent to an activating group) is 1. The quantitative estimate of drug-likeness (QED) is 0.726. The summed E-state index contributed by atoms with van der Waals surface area (Å²) in [5.41, 5.74) is 0. The fourth-order valence-electron chi connectivity index (χ4n) is 2.68. The van der Waals surface area contributed by atoms with Crippen LogP contribution in [0, 0.1) is 5.92 Å². The molecule has 92 valence electrons.